The number of rotatable bonds is 3. The van der Waals surface area contributed by atoms with Crippen molar-refractivity contribution in [1.82, 2.24) is 14.7 Å². The fourth-order valence-corrected chi connectivity index (χ4v) is 4.29. The predicted molar refractivity (Wildman–Crippen MR) is 82.0 cm³/mol. The lowest BCUT2D eigenvalue weighted by molar-refractivity contribution is -0.148. The highest BCUT2D eigenvalue weighted by Gasteiger charge is 2.66. The van der Waals surface area contributed by atoms with Crippen molar-refractivity contribution >= 4 is 11.8 Å². The highest BCUT2D eigenvalue weighted by Crippen LogP contribution is 2.62. The fourth-order valence-electron chi connectivity index (χ4n) is 4.29. The van der Waals surface area contributed by atoms with Crippen molar-refractivity contribution in [3.05, 3.63) is 18.0 Å². The topological polar surface area (TPSA) is 81.2 Å². The Labute approximate surface area is 130 Å². The van der Waals surface area contributed by atoms with E-state index in [9.17, 15) is 9.59 Å². The summed E-state index contributed by atoms with van der Waals surface area (Å²) in [6, 6.07) is 0.215. The average molecular weight is 304 g/mol. The molecule has 1 saturated heterocycles. The molecule has 0 radical (unpaired) electrons. The molecular formula is C16H24N4O2. The van der Waals surface area contributed by atoms with Crippen LogP contribution in [0, 0.1) is 16.7 Å². The van der Waals surface area contributed by atoms with Crippen LogP contribution in [0.25, 0.3) is 0 Å². The number of primary amides is 1. The Bertz CT molecular complexity index is 634. The van der Waals surface area contributed by atoms with Crippen LogP contribution < -0.4 is 5.73 Å². The number of amides is 2. The second kappa shape index (κ2) is 4.57. The lowest BCUT2D eigenvalue weighted by Gasteiger charge is -2.54. The molecule has 1 saturated carbocycles. The van der Waals surface area contributed by atoms with Gasteiger partial charge in [0, 0.05) is 25.3 Å². The van der Waals surface area contributed by atoms with Gasteiger partial charge < -0.3 is 10.6 Å². The lowest BCUT2D eigenvalue weighted by Crippen LogP contribution is -2.59. The Morgan fingerprint density at radius 1 is 1.41 bits per heavy atom. The van der Waals surface area contributed by atoms with E-state index in [2.05, 4.69) is 18.9 Å². The molecule has 2 atom stereocenters. The molecular weight excluding hydrogens is 280 g/mol. The minimum absolute atomic E-state index is 0.0577. The third-order valence-electron chi connectivity index (χ3n) is 5.41. The van der Waals surface area contributed by atoms with Crippen molar-refractivity contribution in [2.24, 2.45) is 22.5 Å². The van der Waals surface area contributed by atoms with E-state index in [1.807, 2.05) is 13.8 Å². The first-order chi connectivity index (χ1) is 10.2. The predicted octanol–water partition coefficient (Wildman–Crippen LogP) is 1.44. The summed E-state index contributed by atoms with van der Waals surface area (Å²) in [6.07, 6.45) is 4.13. The summed E-state index contributed by atoms with van der Waals surface area (Å²) >= 11 is 0. The maximum absolute atomic E-state index is 12.7. The van der Waals surface area contributed by atoms with Crippen LogP contribution in [0.4, 0.5) is 0 Å². The Kier molecular flexibility index (Phi) is 3.13. The molecule has 2 heterocycles. The summed E-state index contributed by atoms with van der Waals surface area (Å²) in [5.74, 6) is -0.177. The van der Waals surface area contributed by atoms with Gasteiger partial charge >= 0.3 is 0 Å². The van der Waals surface area contributed by atoms with Crippen molar-refractivity contribution in [3.63, 3.8) is 0 Å². The summed E-state index contributed by atoms with van der Waals surface area (Å²) in [7, 11) is 0. The highest BCUT2D eigenvalue weighted by atomic mass is 16.2. The Balaban J connectivity index is 1.82. The van der Waals surface area contributed by atoms with Crippen LogP contribution in [-0.2, 0) is 4.79 Å². The van der Waals surface area contributed by atoms with Gasteiger partial charge in [0.2, 0.25) is 5.91 Å². The Hall–Kier alpha value is -1.85. The van der Waals surface area contributed by atoms with Crippen LogP contribution in [0.2, 0.25) is 0 Å². The number of carbonyl (C=O) groups is 2. The van der Waals surface area contributed by atoms with Crippen LogP contribution in [-0.4, -0.2) is 39.6 Å². The van der Waals surface area contributed by atoms with Crippen LogP contribution in [0.3, 0.4) is 0 Å². The monoisotopic (exact) mass is 304 g/mol. The number of hydrogen-bond acceptors (Lipinski definition) is 3. The van der Waals surface area contributed by atoms with E-state index in [1.54, 1.807) is 22.0 Å². The highest BCUT2D eigenvalue weighted by molar-refractivity contribution is 5.95. The minimum atomic E-state index is -0.535. The molecule has 6 nitrogen and oxygen atoms in total. The van der Waals surface area contributed by atoms with Gasteiger partial charge in [0.25, 0.3) is 5.91 Å². The summed E-state index contributed by atoms with van der Waals surface area (Å²) in [4.78, 5) is 26.4. The van der Waals surface area contributed by atoms with Gasteiger partial charge in [-0.05, 0) is 31.6 Å². The first-order valence-electron chi connectivity index (χ1n) is 7.81. The number of fused-ring (bicyclic) bond motifs is 1. The number of carbonyl (C=O) groups excluding carboxylic acids is 2. The zero-order chi connectivity index (χ0) is 16.3. The first-order valence-corrected chi connectivity index (χ1v) is 7.81. The third kappa shape index (κ3) is 1.96. The summed E-state index contributed by atoms with van der Waals surface area (Å²) in [5, 5.41) is 4.22. The number of likely N-dealkylation sites (tertiary alicyclic amines) is 1. The van der Waals surface area contributed by atoms with Gasteiger partial charge in [-0.2, -0.15) is 5.10 Å². The van der Waals surface area contributed by atoms with Gasteiger partial charge in [0.1, 0.15) is 0 Å². The van der Waals surface area contributed by atoms with Crippen molar-refractivity contribution < 1.29 is 9.59 Å². The van der Waals surface area contributed by atoms with Gasteiger partial charge in [0.05, 0.1) is 17.2 Å². The molecule has 0 spiro atoms. The summed E-state index contributed by atoms with van der Waals surface area (Å²) < 4.78 is 1.77. The smallest absolute Gasteiger partial charge is 0.257 e. The largest absolute Gasteiger partial charge is 0.369 e. The average Bonchev–Trinajstić information content (AvgIpc) is 3.01. The Morgan fingerprint density at radius 2 is 2.09 bits per heavy atom. The van der Waals surface area contributed by atoms with Gasteiger partial charge in [0.15, 0.2) is 0 Å². The van der Waals surface area contributed by atoms with Crippen molar-refractivity contribution in [2.45, 2.75) is 40.2 Å². The van der Waals surface area contributed by atoms with E-state index in [0.717, 1.165) is 6.42 Å². The molecule has 22 heavy (non-hydrogen) atoms. The third-order valence-corrected chi connectivity index (χ3v) is 5.41. The summed E-state index contributed by atoms with van der Waals surface area (Å²) in [5.41, 5.74) is 5.75. The molecule has 0 unspecified atom stereocenters. The molecule has 3 rings (SSSR count). The molecule has 1 aromatic heterocycles. The number of nitrogens with zero attached hydrogens (tertiary/aromatic N) is 3. The molecule has 2 amide bonds. The van der Waals surface area contributed by atoms with Crippen molar-refractivity contribution in [1.29, 1.82) is 0 Å². The van der Waals surface area contributed by atoms with Gasteiger partial charge in [-0.1, -0.05) is 13.8 Å². The van der Waals surface area contributed by atoms with E-state index < -0.39 is 5.41 Å². The van der Waals surface area contributed by atoms with Crippen LogP contribution >= 0.6 is 0 Å². The second-order valence-corrected chi connectivity index (χ2v) is 7.73. The SMILES string of the molecule is CC(C)n1cc(C(=O)N2C[C@@H]3C(C)(C)C[C@]3(C(N)=O)C2)cn1. The van der Waals surface area contributed by atoms with E-state index in [4.69, 9.17) is 5.73 Å². The number of aromatic nitrogens is 2. The normalized spacial score (nSPS) is 29.3. The molecule has 2 N–H and O–H groups in total. The van der Waals surface area contributed by atoms with Crippen LogP contribution in [0.15, 0.2) is 12.4 Å². The minimum Gasteiger partial charge on any atom is -0.369 e. The molecule has 6 heteroatoms. The van der Waals surface area contributed by atoms with Crippen LogP contribution in [0.1, 0.15) is 50.5 Å². The van der Waals surface area contributed by atoms with Crippen molar-refractivity contribution in [2.75, 3.05) is 13.1 Å². The van der Waals surface area contributed by atoms with E-state index in [0.29, 0.717) is 18.7 Å². The van der Waals surface area contributed by atoms with E-state index in [1.165, 1.54) is 0 Å². The molecule has 120 valence electrons. The van der Waals surface area contributed by atoms with Gasteiger partial charge in [-0.15, -0.1) is 0 Å². The van der Waals surface area contributed by atoms with Crippen LogP contribution in [0.5, 0.6) is 0 Å². The molecule has 1 aliphatic heterocycles. The van der Waals surface area contributed by atoms with Gasteiger partial charge in [-0.25, -0.2) is 0 Å². The Morgan fingerprint density at radius 3 is 2.55 bits per heavy atom. The maximum atomic E-state index is 12.7. The van der Waals surface area contributed by atoms with Crippen molar-refractivity contribution in [3.8, 4) is 0 Å². The fraction of sp³-hybridized carbons (Fsp3) is 0.688. The molecule has 2 aliphatic rings. The van der Waals surface area contributed by atoms with E-state index >= 15 is 0 Å². The quantitative estimate of drug-likeness (QED) is 0.917. The lowest BCUT2D eigenvalue weighted by atomic mass is 9.48. The standard InChI is InChI=1S/C16H24N4O2/c1-10(2)20-6-11(5-18-20)13(21)19-7-12-15(3,4)8-16(12,9-19)14(17)22/h5-6,10,12H,7-9H2,1-4H3,(H2,17,22)/t12-,16+/m1/s1. The maximum Gasteiger partial charge on any atom is 0.257 e. The molecule has 0 aromatic carbocycles. The van der Waals surface area contributed by atoms with E-state index in [-0.39, 0.29) is 29.2 Å². The molecule has 2 fully saturated rings. The molecule has 0 bridgehead atoms. The van der Waals surface area contributed by atoms with Gasteiger partial charge in [-0.3, -0.25) is 14.3 Å². The number of nitrogens with two attached hydrogens (primary N) is 1. The first kappa shape index (κ1) is 15.1. The molecule has 1 aliphatic carbocycles. The second-order valence-electron chi connectivity index (χ2n) is 7.73. The zero-order valence-corrected chi connectivity index (χ0v) is 13.7. The number of hydrogen-bond donors (Lipinski definition) is 1. The zero-order valence-electron chi connectivity index (χ0n) is 13.7. The summed E-state index contributed by atoms with van der Waals surface area (Å²) in [6.45, 7) is 9.35. The molecule has 1 aromatic rings.